The highest BCUT2D eigenvalue weighted by molar-refractivity contribution is 5.76. The van der Waals surface area contributed by atoms with Gasteiger partial charge in [-0.15, -0.1) is 0 Å². The molecule has 3 N–H and O–H groups in total. The summed E-state index contributed by atoms with van der Waals surface area (Å²) >= 11 is 0. The second-order valence-corrected chi connectivity index (χ2v) is 5.42. The highest BCUT2D eigenvalue weighted by atomic mass is 16.5. The monoisotopic (exact) mass is 276 g/mol. The zero-order valence-corrected chi connectivity index (χ0v) is 12.2. The predicted molar refractivity (Wildman–Crippen MR) is 80.4 cm³/mol. The number of nitrogen functional groups attached to an aromatic ring is 1. The van der Waals surface area contributed by atoms with Crippen LogP contribution in [0.3, 0.4) is 0 Å². The van der Waals surface area contributed by atoms with Crippen LogP contribution in [0.5, 0.6) is 0 Å². The molecule has 0 saturated carbocycles. The van der Waals surface area contributed by atoms with E-state index >= 15 is 0 Å². The molecule has 1 aromatic carbocycles. The number of hydrogen-bond acceptors (Lipinski definition) is 3. The van der Waals surface area contributed by atoms with Crippen LogP contribution in [0.25, 0.3) is 0 Å². The van der Waals surface area contributed by atoms with Gasteiger partial charge in [-0.25, -0.2) is 0 Å². The molecule has 0 heterocycles. The summed E-state index contributed by atoms with van der Waals surface area (Å²) < 4.78 is 4.99. The lowest BCUT2D eigenvalue weighted by molar-refractivity contribution is -0.122. The molecule has 20 heavy (non-hydrogen) atoms. The van der Waals surface area contributed by atoms with Crippen LogP contribution in [0.4, 0.5) is 5.69 Å². The van der Waals surface area contributed by atoms with Crippen LogP contribution >= 0.6 is 0 Å². The van der Waals surface area contributed by atoms with Gasteiger partial charge in [0.15, 0.2) is 0 Å². The maximum absolute atomic E-state index is 12.0. The molecule has 1 aliphatic carbocycles. The van der Waals surface area contributed by atoms with Crippen LogP contribution < -0.4 is 11.1 Å². The lowest BCUT2D eigenvalue weighted by Crippen LogP contribution is -2.30. The SMILES string of the molecule is COCCCCC(=O)NC1CCCc2cc(N)ccc21. The van der Waals surface area contributed by atoms with Crippen molar-refractivity contribution in [2.75, 3.05) is 19.5 Å². The number of unbranched alkanes of at least 4 members (excludes halogenated alkanes) is 1. The van der Waals surface area contributed by atoms with E-state index in [1.54, 1.807) is 7.11 Å². The lowest BCUT2D eigenvalue weighted by atomic mass is 9.87. The third-order valence-electron chi connectivity index (χ3n) is 3.82. The highest BCUT2D eigenvalue weighted by Crippen LogP contribution is 2.31. The molecule has 1 unspecified atom stereocenters. The van der Waals surface area contributed by atoms with E-state index in [0.29, 0.717) is 6.42 Å². The number of methoxy groups -OCH3 is 1. The Hall–Kier alpha value is -1.55. The zero-order chi connectivity index (χ0) is 14.4. The minimum Gasteiger partial charge on any atom is -0.399 e. The minimum absolute atomic E-state index is 0.135. The van der Waals surface area contributed by atoms with Crippen molar-refractivity contribution in [2.45, 2.75) is 44.6 Å². The number of carbonyl (C=O) groups excluding carboxylic acids is 1. The summed E-state index contributed by atoms with van der Waals surface area (Å²) in [6.45, 7) is 0.721. The van der Waals surface area contributed by atoms with Crippen molar-refractivity contribution in [3.63, 3.8) is 0 Å². The average Bonchev–Trinajstić information content (AvgIpc) is 2.43. The molecule has 0 bridgehead atoms. The van der Waals surface area contributed by atoms with Crippen LogP contribution in [0.15, 0.2) is 18.2 Å². The Kier molecular flexibility index (Phi) is 5.41. The van der Waals surface area contributed by atoms with Crippen molar-refractivity contribution in [3.8, 4) is 0 Å². The van der Waals surface area contributed by atoms with Crippen molar-refractivity contribution < 1.29 is 9.53 Å². The van der Waals surface area contributed by atoms with Gasteiger partial charge in [-0.3, -0.25) is 4.79 Å². The van der Waals surface area contributed by atoms with Gasteiger partial charge in [0.2, 0.25) is 5.91 Å². The number of nitrogens with one attached hydrogen (secondary N) is 1. The van der Waals surface area contributed by atoms with E-state index in [2.05, 4.69) is 11.4 Å². The Morgan fingerprint density at radius 3 is 3.10 bits per heavy atom. The number of nitrogens with two attached hydrogens (primary N) is 1. The molecule has 110 valence electrons. The highest BCUT2D eigenvalue weighted by Gasteiger charge is 2.21. The van der Waals surface area contributed by atoms with Crippen LogP contribution in [0.2, 0.25) is 0 Å². The number of benzene rings is 1. The summed E-state index contributed by atoms with van der Waals surface area (Å²) in [6.07, 6.45) is 5.55. The second kappa shape index (κ2) is 7.29. The number of amides is 1. The lowest BCUT2D eigenvalue weighted by Gasteiger charge is -2.26. The molecular weight excluding hydrogens is 252 g/mol. The van der Waals surface area contributed by atoms with E-state index in [4.69, 9.17) is 10.5 Å². The van der Waals surface area contributed by atoms with Crippen molar-refractivity contribution in [3.05, 3.63) is 29.3 Å². The van der Waals surface area contributed by atoms with E-state index in [9.17, 15) is 4.79 Å². The topological polar surface area (TPSA) is 64.3 Å². The largest absolute Gasteiger partial charge is 0.399 e. The normalized spacial score (nSPS) is 17.6. The van der Waals surface area contributed by atoms with Gasteiger partial charge in [0.05, 0.1) is 6.04 Å². The van der Waals surface area contributed by atoms with Crippen LogP contribution in [0.1, 0.15) is 49.3 Å². The molecule has 1 atom stereocenters. The Morgan fingerprint density at radius 2 is 2.30 bits per heavy atom. The summed E-state index contributed by atoms with van der Waals surface area (Å²) in [5.74, 6) is 0.135. The third kappa shape index (κ3) is 3.97. The van der Waals surface area contributed by atoms with Gasteiger partial charge in [0, 0.05) is 25.8 Å². The maximum Gasteiger partial charge on any atom is 0.220 e. The van der Waals surface area contributed by atoms with E-state index in [0.717, 1.165) is 44.4 Å². The predicted octanol–water partition coefficient (Wildman–Crippen LogP) is 2.58. The first-order chi connectivity index (χ1) is 9.70. The average molecular weight is 276 g/mol. The first-order valence-corrected chi connectivity index (χ1v) is 7.37. The Balaban J connectivity index is 1.89. The number of anilines is 1. The molecular formula is C16H24N2O2. The molecule has 0 radical (unpaired) electrons. The van der Waals surface area contributed by atoms with E-state index < -0.39 is 0 Å². The molecule has 2 rings (SSSR count). The fraction of sp³-hybridized carbons (Fsp3) is 0.562. The number of carbonyl (C=O) groups is 1. The molecule has 1 aliphatic rings. The van der Waals surface area contributed by atoms with Crippen molar-refractivity contribution in [1.82, 2.24) is 5.32 Å². The van der Waals surface area contributed by atoms with Crippen LogP contribution in [-0.4, -0.2) is 19.6 Å². The first-order valence-electron chi connectivity index (χ1n) is 7.37. The molecule has 1 amide bonds. The second-order valence-electron chi connectivity index (χ2n) is 5.42. The van der Waals surface area contributed by atoms with Gasteiger partial charge in [0.25, 0.3) is 0 Å². The van der Waals surface area contributed by atoms with Gasteiger partial charge in [-0.2, -0.15) is 0 Å². The summed E-state index contributed by atoms with van der Waals surface area (Å²) in [4.78, 5) is 12.0. The molecule has 4 nitrogen and oxygen atoms in total. The first kappa shape index (κ1) is 14.9. The number of rotatable bonds is 6. The van der Waals surface area contributed by atoms with Gasteiger partial charge in [-0.1, -0.05) is 6.07 Å². The Morgan fingerprint density at radius 1 is 1.45 bits per heavy atom. The minimum atomic E-state index is 0.135. The number of fused-ring (bicyclic) bond motifs is 1. The standard InChI is InChI=1S/C16H24N2O2/c1-20-10-3-2-7-16(19)18-15-6-4-5-12-11-13(17)8-9-14(12)15/h8-9,11,15H,2-7,10,17H2,1H3,(H,18,19). The molecule has 1 aromatic rings. The Labute approximate surface area is 120 Å². The fourth-order valence-corrected chi connectivity index (χ4v) is 2.78. The van der Waals surface area contributed by atoms with Crippen molar-refractivity contribution in [2.24, 2.45) is 0 Å². The van der Waals surface area contributed by atoms with Crippen molar-refractivity contribution >= 4 is 11.6 Å². The quantitative estimate of drug-likeness (QED) is 0.620. The zero-order valence-electron chi connectivity index (χ0n) is 12.2. The number of hydrogen-bond donors (Lipinski definition) is 2. The maximum atomic E-state index is 12.0. The van der Waals surface area contributed by atoms with Crippen LogP contribution in [0, 0.1) is 0 Å². The summed E-state index contributed by atoms with van der Waals surface area (Å²) in [7, 11) is 1.69. The van der Waals surface area contributed by atoms with Gasteiger partial charge in [0.1, 0.15) is 0 Å². The smallest absolute Gasteiger partial charge is 0.220 e. The molecule has 0 saturated heterocycles. The van der Waals surface area contributed by atoms with E-state index in [1.165, 1.54) is 11.1 Å². The summed E-state index contributed by atoms with van der Waals surface area (Å²) in [5, 5.41) is 3.15. The third-order valence-corrected chi connectivity index (χ3v) is 3.82. The van der Waals surface area contributed by atoms with Crippen LogP contribution in [-0.2, 0) is 16.0 Å². The van der Waals surface area contributed by atoms with Gasteiger partial charge in [-0.05, 0) is 55.4 Å². The van der Waals surface area contributed by atoms with Gasteiger partial charge >= 0.3 is 0 Å². The van der Waals surface area contributed by atoms with Gasteiger partial charge < -0.3 is 15.8 Å². The summed E-state index contributed by atoms with van der Waals surface area (Å²) in [6, 6.07) is 6.16. The Bertz CT molecular complexity index is 460. The van der Waals surface area contributed by atoms with Crippen molar-refractivity contribution in [1.29, 1.82) is 0 Å². The molecule has 0 aromatic heterocycles. The molecule has 0 aliphatic heterocycles. The molecule has 4 heteroatoms. The summed E-state index contributed by atoms with van der Waals surface area (Å²) in [5.41, 5.74) is 9.14. The molecule has 0 spiro atoms. The van der Waals surface area contributed by atoms with E-state index in [1.807, 2.05) is 12.1 Å². The number of aryl methyl sites for hydroxylation is 1. The fourth-order valence-electron chi connectivity index (χ4n) is 2.78. The number of ether oxygens (including phenoxy) is 1. The molecule has 0 fully saturated rings. The van der Waals surface area contributed by atoms with E-state index in [-0.39, 0.29) is 11.9 Å².